The van der Waals surface area contributed by atoms with Gasteiger partial charge in [0.2, 0.25) is 0 Å². The van der Waals surface area contributed by atoms with Gasteiger partial charge < -0.3 is 66.9 Å². The Labute approximate surface area is 459 Å². The normalized spacial score (nSPS) is 34.7. The molecule has 3 heterocycles. The molecule has 0 aliphatic carbocycles. The molecule has 0 saturated carbocycles. The molecule has 18 nitrogen and oxygen atoms in total. The van der Waals surface area contributed by atoms with Crippen LogP contribution in [0, 0.1) is 5.92 Å². The quantitative estimate of drug-likeness (QED) is 0.0639. The molecule has 4 rings (SSSR count). The van der Waals surface area contributed by atoms with Gasteiger partial charge in [0.1, 0.15) is 41.7 Å². The fraction of sp³-hybridized carbons (Fsp3) is 0.724. The average Bonchev–Trinajstić information content (AvgIpc) is 3.38. The highest BCUT2D eigenvalue weighted by Gasteiger charge is 2.57. The Hall–Kier alpha value is -3.86. The van der Waals surface area contributed by atoms with Gasteiger partial charge in [0, 0.05) is 52.7 Å². The van der Waals surface area contributed by atoms with Gasteiger partial charge in [0.05, 0.1) is 37.4 Å². The number of nitrogens with zero attached hydrogens (tertiary/aromatic N) is 1. The third kappa shape index (κ3) is 18.6. The van der Waals surface area contributed by atoms with E-state index < -0.39 is 136 Å². The number of cyclic esters (lactones) is 1. The molecule has 0 spiro atoms. The van der Waals surface area contributed by atoms with Crippen molar-refractivity contribution in [2.45, 2.75) is 230 Å². The summed E-state index contributed by atoms with van der Waals surface area (Å²) in [5.41, 5.74) is -2.20. The highest BCUT2D eigenvalue weighted by Crippen LogP contribution is 2.42. The number of allylic oxidation sites excluding steroid dienone is 2. The first-order chi connectivity index (χ1) is 36.5. The van der Waals surface area contributed by atoms with Crippen LogP contribution in [0.1, 0.15) is 127 Å². The number of esters is 4. The van der Waals surface area contributed by atoms with Crippen molar-refractivity contribution >= 4 is 38.3 Å². The maximum Gasteiger partial charge on any atom is 0.309 e. The standard InChI is InChI=1S/C58H93NO17Si/c1-15-46(62)72-45-35-48(64)68-39(7)27-22-20-25-31-44(76-77(17-3,18-4)19-5)38(6)36-58(32-33-60,67-34-26-30-43-28-23-21-24-29-43)55(52(45)66-14)75-56-53(71-42(10)61)50(59(12)13)51(40(8)70-56)74-49-37-57(11,65)54(41(9)69-49)73-47(63)16-2/h20-26,28-31,38-41,44-45,49-56,60,65H,15-19,27,32-37H2,1-14H3/b22-20+,30-26+,31-25+/t38-,39-,40?,41?,44+,45-,49?,50?,51?,52+,53?,54?,55-,56?,57?,58-/m1/s1. The summed E-state index contributed by atoms with van der Waals surface area (Å²) in [6.45, 7) is 19.5. The summed E-state index contributed by atoms with van der Waals surface area (Å²) in [6.07, 6.45) is -0.641. The van der Waals surface area contributed by atoms with Gasteiger partial charge in [-0.05, 0) is 77.8 Å². The van der Waals surface area contributed by atoms with E-state index in [1.807, 2.05) is 71.7 Å². The Kier molecular flexibility index (Phi) is 26.6. The lowest BCUT2D eigenvalue weighted by molar-refractivity contribution is -0.353. The van der Waals surface area contributed by atoms with Crippen LogP contribution in [0.2, 0.25) is 18.1 Å². The molecule has 0 amide bonds. The van der Waals surface area contributed by atoms with Crippen LogP contribution >= 0.6 is 0 Å². The predicted molar refractivity (Wildman–Crippen MR) is 293 cm³/mol. The number of carbonyl (C=O) groups is 4. The summed E-state index contributed by atoms with van der Waals surface area (Å²) < 4.78 is 72.3. The number of carbonyl (C=O) groups excluding carboxylic acids is 4. The summed E-state index contributed by atoms with van der Waals surface area (Å²) in [4.78, 5) is 55.2. The van der Waals surface area contributed by atoms with Crippen LogP contribution in [0.5, 0.6) is 0 Å². The topological polar surface area (TPSA) is 214 Å². The van der Waals surface area contributed by atoms with E-state index in [1.165, 1.54) is 14.0 Å². The minimum atomic E-state index is -2.30. The molecular weight excluding hydrogens is 1010 g/mol. The molecule has 0 radical (unpaired) electrons. The van der Waals surface area contributed by atoms with E-state index in [0.29, 0.717) is 6.42 Å². The first-order valence-corrected chi connectivity index (χ1v) is 30.3. The number of likely N-dealkylation sites (N-methyl/N-ethyl adjacent to an activating group) is 1. The molecule has 3 aliphatic rings. The van der Waals surface area contributed by atoms with Crippen LogP contribution in [-0.2, 0) is 71.0 Å². The number of hydrogen-bond donors (Lipinski definition) is 2. The van der Waals surface area contributed by atoms with Crippen molar-refractivity contribution < 1.29 is 81.2 Å². The molecule has 2 N–H and O–H groups in total. The second kappa shape index (κ2) is 31.2. The number of aliphatic hydroxyl groups excluding tert-OH is 1. The largest absolute Gasteiger partial charge is 0.462 e. The Balaban J connectivity index is 2.00. The summed E-state index contributed by atoms with van der Waals surface area (Å²) in [5.74, 6) is -2.78. The van der Waals surface area contributed by atoms with E-state index in [4.69, 9.17) is 51.8 Å². The summed E-state index contributed by atoms with van der Waals surface area (Å²) in [7, 11) is 2.70. The number of hydrogen-bond acceptors (Lipinski definition) is 18. The zero-order valence-corrected chi connectivity index (χ0v) is 49.4. The van der Waals surface area contributed by atoms with Crippen molar-refractivity contribution in [3.05, 3.63) is 66.3 Å². The molecule has 436 valence electrons. The molecule has 9 unspecified atom stereocenters. The number of methoxy groups -OCH3 is 1. The molecular formula is C58H93NO17Si. The first-order valence-electron chi connectivity index (χ1n) is 27.8. The highest BCUT2D eigenvalue weighted by atomic mass is 28.4. The lowest BCUT2D eigenvalue weighted by atomic mass is 9.78. The van der Waals surface area contributed by atoms with Gasteiger partial charge in [-0.1, -0.05) is 108 Å². The molecule has 19 heteroatoms. The smallest absolute Gasteiger partial charge is 0.309 e. The van der Waals surface area contributed by atoms with Crippen LogP contribution in [0.3, 0.4) is 0 Å². The monoisotopic (exact) mass is 1100 g/mol. The van der Waals surface area contributed by atoms with Crippen molar-refractivity contribution in [1.82, 2.24) is 4.90 Å². The van der Waals surface area contributed by atoms with E-state index in [2.05, 4.69) is 27.7 Å². The van der Waals surface area contributed by atoms with Gasteiger partial charge in [-0.25, -0.2) is 0 Å². The predicted octanol–water partition coefficient (Wildman–Crippen LogP) is 8.01. The second-order valence-electron chi connectivity index (χ2n) is 21.3. The molecule has 16 atom stereocenters. The van der Waals surface area contributed by atoms with Gasteiger partial charge in [0.15, 0.2) is 33.1 Å². The maximum absolute atomic E-state index is 14.1. The van der Waals surface area contributed by atoms with E-state index >= 15 is 0 Å². The fourth-order valence-electron chi connectivity index (χ4n) is 10.8. The molecule has 2 saturated heterocycles. The van der Waals surface area contributed by atoms with Crippen molar-refractivity contribution in [3.8, 4) is 0 Å². The van der Waals surface area contributed by atoms with Crippen LogP contribution in [0.25, 0.3) is 6.08 Å². The Morgan fingerprint density at radius 1 is 0.844 bits per heavy atom. The van der Waals surface area contributed by atoms with Crippen molar-refractivity contribution in [3.63, 3.8) is 0 Å². The number of rotatable bonds is 22. The zero-order valence-electron chi connectivity index (χ0n) is 48.4. The Bertz CT molecular complexity index is 2060. The maximum atomic E-state index is 14.1. The van der Waals surface area contributed by atoms with Gasteiger partial charge in [0.25, 0.3) is 0 Å². The van der Waals surface area contributed by atoms with E-state index in [0.717, 1.165) is 23.7 Å². The zero-order chi connectivity index (χ0) is 57.1. The second-order valence-corrected chi connectivity index (χ2v) is 26.0. The fourth-order valence-corrected chi connectivity index (χ4v) is 13.7. The van der Waals surface area contributed by atoms with Gasteiger partial charge >= 0.3 is 23.9 Å². The highest BCUT2D eigenvalue weighted by molar-refractivity contribution is 6.73. The van der Waals surface area contributed by atoms with Crippen LogP contribution < -0.4 is 0 Å². The summed E-state index contributed by atoms with van der Waals surface area (Å²) in [5, 5.41) is 23.1. The van der Waals surface area contributed by atoms with Gasteiger partial charge in [-0.2, -0.15) is 0 Å². The lowest BCUT2D eigenvalue weighted by Crippen LogP contribution is -2.68. The Morgan fingerprint density at radius 2 is 1.51 bits per heavy atom. The minimum Gasteiger partial charge on any atom is -0.462 e. The van der Waals surface area contributed by atoms with E-state index in [9.17, 15) is 29.4 Å². The van der Waals surface area contributed by atoms with E-state index in [-0.39, 0.29) is 44.6 Å². The molecule has 0 aromatic heterocycles. The van der Waals surface area contributed by atoms with Gasteiger partial charge in [-0.3, -0.25) is 19.2 Å². The number of aliphatic hydroxyl groups is 2. The van der Waals surface area contributed by atoms with E-state index in [1.54, 1.807) is 55.6 Å². The number of ether oxygens (including phenoxy) is 10. The van der Waals surface area contributed by atoms with Crippen LogP contribution in [-0.4, -0.2) is 173 Å². The summed E-state index contributed by atoms with van der Waals surface area (Å²) in [6, 6.07) is 11.5. The third-order valence-electron chi connectivity index (χ3n) is 15.2. The third-order valence-corrected chi connectivity index (χ3v) is 19.8. The van der Waals surface area contributed by atoms with Crippen molar-refractivity contribution in [2.75, 3.05) is 34.4 Å². The minimum absolute atomic E-state index is 0.00776. The molecule has 3 aliphatic heterocycles. The lowest BCUT2D eigenvalue weighted by Gasteiger charge is -2.52. The summed E-state index contributed by atoms with van der Waals surface area (Å²) >= 11 is 0. The first kappa shape index (κ1) is 65.7. The molecule has 1 aromatic carbocycles. The molecule has 2 fully saturated rings. The van der Waals surface area contributed by atoms with Crippen molar-refractivity contribution in [2.24, 2.45) is 5.92 Å². The SMILES string of the molecule is CCC(=O)OC1C(C)OC(OC2C(C)OC(O[C@@H]3[C@@H](OC)[C@H](OC(=O)CC)CC(=O)O[C@H](C)C/C=C/C=C/[C@H](O[Si](CC)(CC)CC)[C@H](C)C[C@@]3(CCO)OC/C=C/c3ccccc3)C(OC(C)=O)C2N(C)C)CC1(C)O. The van der Waals surface area contributed by atoms with Gasteiger partial charge in [-0.15, -0.1) is 0 Å². The Morgan fingerprint density at radius 3 is 2.09 bits per heavy atom. The molecule has 1 aromatic rings. The van der Waals surface area contributed by atoms with Crippen LogP contribution in [0.15, 0.2) is 60.7 Å². The van der Waals surface area contributed by atoms with Crippen LogP contribution in [0.4, 0.5) is 0 Å². The average molecular weight is 1100 g/mol. The molecule has 77 heavy (non-hydrogen) atoms. The van der Waals surface area contributed by atoms with Crippen molar-refractivity contribution in [1.29, 1.82) is 0 Å². The number of benzene rings is 1. The molecule has 0 bridgehead atoms.